The van der Waals surface area contributed by atoms with Gasteiger partial charge in [-0.2, -0.15) is 8.75 Å². The van der Waals surface area contributed by atoms with E-state index in [9.17, 15) is 0 Å². The number of unbranched alkanes of at least 4 members (excludes halogenated alkanes) is 25. The summed E-state index contributed by atoms with van der Waals surface area (Å²) in [6.07, 6.45) is 48.3. The summed E-state index contributed by atoms with van der Waals surface area (Å²) < 4.78 is 13.1. The number of benzene rings is 3. The molecule has 10 aromatic heterocycles. The SMILES string of the molecule is CCCCCCCCc1cc(-c2ccc3c(c2)c2cc(C(C)(CC)CC)ccc2n3CCCCCCCC)sc1-c1ccc(-c2ccc(-c3sc(-c4ccc(-c5cc(CCCCCCCC)c(-c6ccc(-c7ccc(-c8sc(C(C)(CC)CC)cc8CCCCCCCC)s7)s6)s5)c5nsnc45)cc3CCCCCCCC)s2)s1. The molecule has 0 aliphatic carbocycles. The van der Waals surface area contributed by atoms with Crippen molar-refractivity contribution in [2.45, 2.75) is 338 Å². The molecule has 13 aromatic rings. The summed E-state index contributed by atoms with van der Waals surface area (Å²) >= 11 is 17.5. The van der Waals surface area contributed by atoms with Gasteiger partial charge in [0.15, 0.2) is 0 Å². The third-order valence-corrected chi connectivity index (χ3v) is 36.6. The lowest BCUT2D eigenvalue weighted by molar-refractivity contribution is 0.439. The van der Waals surface area contributed by atoms with Crippen molar-refractivity contribution < 1.29 is 0 Å². The second kappa shape index (κ2) is 42.7. The molecular weight excluding hydrogens is 1560 g/mol. The van der Waals surface area contributed by atoms with Crippen molar-refractivity contribution in [3.05, 3.63) is 154 Å². The second-order valence-electron chi connectivity index (χ2n) is 33.6. The quantitative estimate of drug-likeness (QED) is 0.0356. The molecule has 0 amide bonds. The smallest absolute Gasteiger partial charge is 0.114 e. The first-order chi connectivity index (χ1) is 55.9. The molecule has 0 saturated heterocycles. The molecule has 0 fully saturated rings. The lowest BCUT2D eigenvalue weighted by Gasteiger charge is -2.27. The van der Waals surface area contributed by atoms with Crippen molar-refractivity contribution in [1.29, 1.82) is 0 Å². The molecule has 0 spiro atoms. The number of fused-ring (bicyclic) bond motifs is 4. The molecule has 3 nitrogen and oxygen atoms in total. The van der Waals surface area contributed by atoms with Crippen LogP contribution in [0.2, 0.25) is 0 Å². The number of thiophene rings is 8. The molecule has 13 rings (SSSR count). The summed E-state index contributed by atoms with van der Waals surface area (Å²) in [6, 6.07) is 49.6. The highest BCUT2D eigenvalue weighted by Crippen LogP contribution is 2.53. The fourth-order valence-electron chi connectivity index (χ4n) is 17.2. The van der Waals surface area contributed by atoms with Crippen molar-refractivity contribution in [2.24, 2.45) is 0 Å². The third kappa shape index (κ3) is 20.8. The van der Waals surface area contributed by atoms with E-state index in [2.05, 4.69) is 213 Å². The monoisotopic (exact) mass is 1690 g/mol. The zero-order valence-corrected chi connectivity index (χ0v) is 78.5. The van der Waals surface area contributed by atoms with Crippen LogP contribution in [0.4, 0.5) is 0 Å². The predicted octanol–water partition coefficient (Wildman–Crippen LogP) is 37.4. The van der Waals surface area contributed by atoms with Crippen LogP contribution in [0.1, 0.15) is 327 Å². The summed E-state index contributed by atoms with van der Waals surface area (Å²) in [5.41, 5.74) is 16.6. The minimum absolute atomic E-state index is 0.159. The van der Waals surface area contributed by atoms with Crippen LogP contribution in [0.15, 0.2) is 121 Å². The molecular formula is C102H131N3S9. The topological polar surface area (TPSA) is 30.7 Å². The molecule has 3 aromatic carbocycles. The Labute approximate surface area is 723 Å². The van der Waals surface area contributed by atoms with Gasteiger partial charge in [-0.1, -0.05) is 261 Å². The molecule has 10 heterocycles. The van der Waals surface area contributed by atoms with Gasteiger partial charge >= 0.3 is 0 Å². The number of nitrogens with zero attached hydrogens (tertiary/aromatic N) is 3. The van der Waals surface area contributed by atoms with E-state index >= 15 is 0 Å². The van der Waals surface area contributed by atoms with Crippen LogP contribution in [0.5, 0.6) is 0 Å². The largest absolute Gasteiger partial charge is 0.340 e. The Bertz CT molecular complexity index is 5110. The number of hydrogen-bond donors (Lipinski definition) is 0. The summed E-state index contributed by atoms with van der Waals surface area (Å²) in [7, 11) is 0. The van der Waals surface area contributed by atoms with Crippen LogP contribution in [0.25, 0.3) is 123 Å². The summed E-state index contributed by atoms with van der Waals surface area (Å²) in [4.78, 5) is 22.5. The van der Waals surface area contributed by atoms with Crippen LogP contribution in [-0.4, -0.2) is 13.3 Å². The number of rotatable bonds is 50. The Kier molecular flexibility index (Phi) is 32.5. The van der Waals surface area contributed by atoms with E-state index in [1.807, 2.05) is 79.4 Å². The van der Waals surface area contributed by atoms with Gasteiger partial charge in [0.1, 0.15) is 11.0 Å². The highest BCUT2D eigenvalue weighted by Gasteiger charge is 2.30. The van der Waals surface area contributed by atoms with Gasteiger partial charge in [0.25, 0.3) is 0 Å². The van der Waals surface area contributed by atoms with E-state index < -0.39 is 0 Å². The van der Waals surface area contributed by atoms with Crippen molar-refractivity contribution in [3.8, 4) is 89.8 Å². The lowest BCUT2D eigenvalue weighted by atomic mass is 9.77. The van der Waals surface area contributed by atoms with Crippen molar-refractivity contribution in [2.75, 3.05) is 0 Å². The zero-order valence-electron chi connectivity index (χ0n) is 71.1. The maximum absolute atomic E-state index is 5.22. The minimum atomic E-state index is 0.159. The number of aromatic nitrogens is 3. The first kappa shape index (κ1) is 86.7. The second-order valence-corrected chi connectivity index (χ2v) is 42.7. The molecule has 12 heteroatoms. The summed E-state index contributed by atoms with van der Waals surface area (Å²) in [5.74, 6) is 0. The van der Waals surface area contributed by atoms with E-state index in [1.54, 1.807) is 10.4 Å². The Balaban J connectivity index is 0.790. The highest BCUT2D eigenvalue weighted by atomic mass is 32.1. The van der Waals surface area contributed by atoms with Crippen LogP contribution in [-0.2, 0) is 43.1 Å². The van der Waals surface area contributed by atoms with Gasteiger partial charge in [0, 0.05) is 123 Å². The van der Waals surface area contributed by atoms with Gasteiger partial charge in [-0.15, -0.1) is 90.7 Å². The van der Waals surface area contributed by atoms with E-state index in [1.165, 1.54) is 358 Å². The molecule has 0 N–H and O–H groups in total. The van der Waals surface area contributed by atoms with Crippen molar-refractivity contribution in [3.63, 3.8) is 0 Å². The van der Waals surface area contributed by atoms with E-state index in [0.29, 0.717) is 0 Å². The van der Waals surface area contributed by atoms with E-state index in [0.717, 1.165) is 49.7 Å². The van der Waals surface area contributed by atoms with E-state index in [-0.39, 0.29) is 10.8 Å². The van der Waals surface area contributed by atoms with Crippen LogP contribution >= 0.6 is 102 Å². The average Bonchev–Trinajstić information content (AvgIpc) is 1.60. The normalized spacial score (nSPS) is 12.3. The fraction of sp³-hybridized carbons (Fsp3) is 0.510. The standard InChI is InChI=1S/C102H131N3S9/c1-12-21-26-31-36-41-46-72-66-91(71-50-54-81-79(65-71)80-70-76(101(10,17-6)18-7)51-55-82(80)105(81)64-45-40-35-30-25-16-5)110-97(72)87-60-56-83(106-87)84-57-61-88(107-84)98-73(47-42-37-32-27-22-13-2)67-92(111-98)77-52-53-78(96-95(77)103-114-104-96)93-68-74(48-43-38-33-28-23-14-3)99(112-93)89-62-58-85(108-89)86-59-63-90(109-86)100-75(49-44-39-34-29-24-15-4)69-94(113-100)102(11,19-8)20-9/h50-63,65-70H,12-49,64H2,1-11H3. The maximum Gasteiger partial charge on any atom is 0.114 e. The fourth-order valence-corrected chi connectivity index (χ4v) is 27.7. The van der Waals surface area contributed by atoms with Crippen molar-refractivity contribution >= 4 is 135 Å². The van der Waals surface area contributed by atoms with Gasteiger partial charge in [-0.25, -0.2) is 0 Å². The first-order valence-corrected chi connectivity index (χ1v) is 52.4. The first-order valence-electron chi connectivity index (χ1n) is 45.1. The molecule has 0 bridgehead atoms. The average molecular weight is 1690 g/mol. The third-order valence-electron chi connectivity index (χ3n) is 25.5. The van der Waals surface area contributed by atoms with Gasteiger partial charge < -0.3 is 4.57 Å². The Morgan fingerprint density at radius 2 is 0.614 bits per heavy atom. The molecule has 0 unspecified atom stereocenters. The van der Waals surface area contributed by atoms with Crippen LogP contribution in [0, 0.1) is 0 Å². The number of aryl methyl sites for hydroxylation is 5. The molecule has 0 atom stereocenters. The Morgan fingerprint density at radius 3 is 1.02 bits per heavy atom. The van der Waals surface area contributed by atoms with Crippen LogP contribution < -0.4 is 0 Å². The highest BCUT2D eigenvalue weighted by molar-refractivity contribution is 7.30. The number of hydrogen-bond acceptors (Lipinski definition) is 11. The lowest BCUT2D eigenvalue weighted by Crippen LogP contribution is -2.19. The predicted molar refractivity (Wildman–Crippen MR) is 520 cm³/mol. The van der Waals surface area contributed by atoms with Crippen molar-refractivity contribution in [1.82, 2.24) is 13.3 Å². The molecule has 114 heavy (non-hydrogen) atoms. The Morgan fingerprint density at radius 1 is 0.281 bits per heavy atom. The molecule has 0 aliphatic heterocycles. The molecule has 0 saturated carbocycles. The van der Waals surface area contributed by atoms with Crippen LogP contribution in [0.3, 0.4) is 0 Å². The zero-order chi connectivity index (χ0) is 79.4. The molecule has 0 radical (unpaired) electrons. The van der Waals surface area contributed by atoms with E-state index in [4.69, 9.17) is 8.75 Å². The Hall–Kier alpha value is -5.12. The van der Waals surface area contributed by atoms with Gasteiger partial charge in [-0.05, 0) is 219 Å². The van der Waals surface area contributed by atoms with Gasteiger partial charge in [0.2, 0.25) is 0 Å². The van der Waals surface area contributed by atoms with Gasteiger partial charge in [0.05, 0.1) is 11.7 Å². The summed E-state index contributed by atoms with van der Waals surface area (Å²) in [6.45, 7) is 27.2. The molecule has 0 aliphatic rings. The van der Waals surface area contributed by atoms with Gasteiger partial charge in [-0.3, -0.25) is 0 Å². The maximum atomic E-state index is 5.22. The minimum Gasteiger partial charge on any atom is -0.340 e. The summed E-state index contributed by atoms with van der Waals surface area (Å²) in [5, 5.41) is 2.83. The molecule has 608 valence electrons.